The predicted molar refractivity (Wildman–Crippen MR) is 113 cm³/mol. The molecule has 0 bridgehead atoms. The van der Waals surface area contributed by atoms with Gasteiger partial charge in [0.15, 0.2) is 5.96 Å². The first-order valence-electron chi connectivity index (χ1n) is 11.3. The van der Waals surface area contributed by atoms with Crippen molar-refractivity contribution in [2.45, 2.75) is 51.5 Å². The van der Waals surface area contributed by atoms with Crippen LogP contribution in [0.2, 0.25) is 0 Å². The number of carbonyl (C=O) groups excluding carboxylic acids is 1. The van der Waals surface area contributed by atoms with Crippen LogP contribution in [0.1, 0.15) is 45.4 Å². The maximum atomic E-state index is 12.7. The Morgan fingerprint density at radius 1 is 1.07 bits per heavy atom. The van der Waals surface area contributed by atoms with Gasteiger partial charge in [0, 0.05) is 51.2 Å². The van der Waals surface area contributed by atoms with Gasteiger partial charge in [0.05, 0.1) is 19.8 Å². The molecule has 0 atom stereocenters. The number of rotatable bonds is 6. The van der Waals surface area contributed by atoms with Gasteiger partial charge in [-0.2, -0.15) is 0 Å². The molecule has 2 saturated heterocycles. The summed E-state index contributed by atoms with van der Waals surface area (Å²) in [6, 6.07) is 0.750. The minimum atomic E-state index is 0.158. The van der Waals surface area contributed by atoms with Crippen molar-refractivity contribution in [3.05, 3.63) is 0 Å². The molecule has 0 aromatic carbocycles. The number of nitrogens with zero attached hydrogens (tertiary/aromatic N) is 4. The molecule has 3 aliphatic rings. The van der Waals surface area contributed by atoms with E-state index in [0.29, 0.717) is 19.1 Å². The summed E-state index contributed by atoms with van der Waals surface area (Å²) in [5, 5.41) is 3.45. The molecule has 1 aliphatic carbocycles. The molecule has 160 valence electrons. The second kappa shape index (κ2) is 11.0. The standard InChI is InChI=1S/C21H39N5O2/c1-3-22-21(23-10-13-24(2)19-6-4-5-7-19)26-11-8-18(9-12-26)20(27)25-14-16-28-17-15-25/h18-19H,3-17H2,1-2H3,(H,22,23). The molecular formula is C21H39N5O2. The summed E-state index contributed by atoms with van der Waals surface area (Å²) in [4.78, 5) is 24.4. The fourth-order valence-corrected chi connectivity index (χ4v) is 4.65. The Labute approximate surface area is 170 Å². The lowest BCUT2D eigenvalue weighted by Gasteiger charge is -2.36. The van der Waals surface area contributed by atoms with E-state index in [2.05, 4.69) is 29.1 Å². The van der Waals surface area contributed by atoms with Crippen LogP contribution in [0.3, 0.4) is 0 Å². The lowest BCUT2D eigenvalue weighted by molar-refractivity contribution is -0.140. The van der Waals surface area contributed by atoms with E-state index in [1.165, 1.54) is 25.7 Å². The Morgan fingerprint density at radius 2 is 1.75 bits per heavy atom. The number of morpholine rings is 1. The van der Waals surface area contributed by atoms with Crippen LogP contribution < -0.4 is 5.32 Å². The van der Waals surface area contributed by atoms with E-state index in [0.717, 1.165) is 70.7 Å². The lowest BCUT2D eigenvalue weighted by atomic mass is 9.95. The number of carbonyl (C=O) groups is 1. The summed E-state index contributed by atoms with van der Waals surface area (Å²) in [7, 11) is 2.24. The van der Waals surface area contributed by atoms with E-state index in [-0.39, 0.29) is 5.92 Å². The number of ether oxygens (including phenoxy) is 1. The minimum Gasteiger partial charge on any atom is -0.378 e. The van der Waals surface area contributed by atoms with Crippen LogP contribution in [0.25, 0.3) is 0 Å². The SMILES string of the molecule is CCNC(=NCCN(C)C1CCCC1)N1CCC(C(=O)N2CCOCC2)CC1. The van der Waals surface area contributed by atoms with E-state index < -0.39 is 0 Å². The van der Waals surface area contributed by atoms with Gasteiger partial charge in [-0.05, 0) is 39.7 Å². The molecule has 0 aromatic heterocycles. The van der Waals surface area contributed by atoms with Crippen molar-refractivity contribution in [1.82, 2.24) is 20.0 Å². The van der Waals surface area contributed by atoms with Crippen molar-refractivity contribution < 1.29 is 9.53 Å². The van der Waals surface area contributed by atoms with Gasteiger partial charge in [-0.3, -0.25) is 9.79 Å². The molecule has 3 fully saturated rings. The van der Waals surface area contributed by atoms with E-state index in [1.807, 2.05) is 4.90 Å². The molecule has 1 amide bonds. The first-order valence-corrected chi connectivity index (χ1v) is 11.3. The van der Waals surface area contributed by atoms with Gasteiger partial charge >= 0.3 is 0 Å². The Hall–Kier alpha value is -1.34. The molecule has 1 saturated carbocycles. The molecule has 1 N–H and O–H groups in total. The number of hydrogen-bond acceptors (Lipinski definition) is 4. The van der Waals surface area contributed by atoms with Crippen LogP contribution in [0, 0.1) is 5.92 Å². The van der Waals surface area contributed by atoms with E-state index in [9.17, 15) is 4.79 Å². The quantitative estimate of drug-likeness (QED) is 0.546. The Bertz CT molecular complexity index is 507. The Kier molecular flexibility index (Phi) is 8.40. The van der Waals surface area contributed by atoms with Crippen LogP contribution in [-0.4, -0.2) is 98.7 Å². The highest BCUT2D eigenvalue weighted by Gasteiger charge is 2.30. The molecule has 2 heterocycles. The van der Waals surface area contributed by atoms with Crippen molar-refractivity contribution in [2.75, 3.05) is 66.1 Å². The summed E-state index contributed by atoms with van der Waals surface area (Å²) in [5.74, 6) is 1.49. The fourth-order valence-electron chi connectivity index (χ4n) is 4.65. The van der Waals surface area contributed by atoms with Gasteiger partial charge < -0.3 is 24.8 Å². The summed E-state index contributed by atoms with van der Waals surface area (Å²) < 4.78 is 5.37. The number of likely N-dealkylation sites (N-methyl/N-ethyl adjacent to an activating group) is 1. The zero-order chi connectivity index (χ0) is 19.8. The molecule has 28 heavy (non-hydrogen) atoms. The van der Waals surface area contributed by atoms with E-state index >= 15 is 0 Å². The fraction of sp³-hybridized carbons (Fsp3) is 0.905. The number of hydrogen-bond donors (Lipinski definition) is 1. The highest BCUT2D eigenvalue weighted by Crippen LogP contribution is 2.22. The van der Waals surface area contributed by atoms with Crippen LogP contribution in [-0.2, 0) is 9.53 Å². The maximum Gasteiger partial charge on any atom is 0.225 e. The molecule has 2 aliphatic heterocycles. The number of aliphatic imine (C=N–C) groups is 1. The number of piperidine rings is 1. The predicted octanol–water partition coefficient (Wildman–Crippen LogP) is 1.40. The number of likely N-dealkylation sites (tertiary alicyclic amines) is 1. The topological polar surface area (TPSA) is 60.4 Å². The molecule has 7 heteroatoms. The smallest absolute Gasteiger partial charge is 0.225 e. The van der Waals surface area contributed by atoms with Crippen LogP contribution in [0.4, 0.5) is 0 Å². The molecule has 0 radical (unpaired) electrons. The monoisotopic (exact) mass is 393 g/mol. The minimum absolute atomic E-state index is 0.158. The second-order valence-corrected chi connectivity index (χ2v) is 8.35. The average molecular weight is 394 g/mol. The molecule has 0 aromatic rings. The maximum absolute atomic E-state index is 12.7. The first-order chi connectivity index (χ1) is 13.7. The highest BCUT2D eigenvalue weighted by molar-refractivity contribution is 5.81. The number of nitrogens with one attached hydrogen (secondary N) is 1. The normalized spacial score (nSPS) is 22.9. The van der Waals surface area contributed by atoms with Crippen molar-refractivity contribution in [2.24, 2.45) is 10.9 Å². The highest BCUT2D eigenvalue weighted by atomic mass is 16.5. The van der Waals surface area contributed by atoms with Crippen molar-refractivity contribution in [3.8, 4) is 0 Å². The summed E-state index contributed by atoms with van der Waals surface area (Å²) in [6.07, 6.45) is 7.26. The molecule has 0 spiro atoms. The van der Waals surface area contributed by atoms with Crippen molar-refractivity contribution in [1.29, 1.82) is 0 Å². The largest absolute Gasteiger partial charge is 0.378 e. The molecule has 0 unspecified atom stereocenters. The van der Waals surface area contributed by atoms with Gasteiger partial charge in [-0.15, -0.1) is 0 Å². The third kappa shape index (κ3) is 5.83. The first kappa shape index (κ1) is 21.4. The number of amides is 1. The van der Waals surface area contributed by atoms with Crippen LogP contribution in [0.5, 0.6) is 0 Å². The molecule has 7 nitrogen and oxygen atoms in total. The zero-order valence-corrected chi connectivity index (χ0v) is 17.9. The molecular weight excluding hydrogens is 354 g/mol. The Balaban J connectivity index is 1.45. The summed E-state index contributed by atoms with van der Waals surface area (Å²) >= 11 is 0. The summed E-state index contributed by atoms with van der Waals surface area (Å²) in [6.45, 7) is 9.52. The average Bonchev–Trinajstić information content (AvgIpc) is 3.28. The van der Waals surface area contributed by atoms with Gasteiger partial charge in [0.2, 0.25) is 5.91 Å². The van der Waals surface area contributed by atoms with Crippen LogP contribution in [0.15, 0.2) is 4.99 Å². The van der Waals surface area contributed by atoms with Crippen molar-refractivity contribution >= 4 is 11.9 Å². The summed E-state index contributed by atoms with van der Waals surface area (Å²) in [5.41, 5.74) is 0. The van der Waals surface area contributed by atoms with Gasteiger partial charge in [0.25, 0.3) is 0 Å². The third-order valence-corrected chi connectivity index (χ3v) is 6.46. The third-order valence-electron chi connectivity index (χ3n) is 6.46. The van der Waals surface area contributed by atoms with E-state index in [4.69, 9.17) is 9.73 Å². The zero-order valence-electron chi connectivity index (χ0n) is 17.9. The van der Waals surface area contributed by atoms with Gasteiger partial charge in [-0.25, -0.2) is 0 Å². The van der Waals surface area contributed by atoms with Crippen LogP contribution >= 0.6 is 0 Å². The van der Waals surface area contributed by atoms with E-state index in [1.54, 1.807) is 0 Å². The van der Waals surface area contributed by atoms with Crippen molar-refractivity contribution in [3.63, 3.8) is 0 Å². The Morgan fingerprint density at radius 3 is 2.39 bits per heavy atom. The second-order valence-electron chi connectivity index (χ2n) is 8.35. The van der Waals surface area contributed by atoms with Gasteiger partial charge in [0.1, 0.15) is 0 Å². The molecule has 3 rings (SSSR count). The number of guanidine groups is 1. The lowest BCUT2D eigenvalue weighted by Crippen LogP contribution is -2.50. The van der Waals surface area contributed by atoms with Gasteiger partial charge in [-0.1, -0.05) is 12.8 Å².